The van der Waals surface area contributed by atoms with Crippen molar-refractivity contribution in [2.45, 2.75) is 32.3 Å². The van der Waals surface area contributed by atoms with Crippen LogP contribution in [0.3, 0.4) is 0 Å². The van der Waals surface area contributed by atoms with Gasteiger partial charge in [0.15, 0.2) is 5.84 Å². The van der Waals surface area contributed by atoms with Crippen molar-refractivity contribution in [3.8, 4) is 0 Å². The maximum absolute atomic E-state index is 8.45. The van der Waals surface area contributed by atoms with E-state index in [9.17, 15) is 0 Å². The summed E-state index contributed by atoms with van der Waals surface area (Å²) in [5.41, 5.74) is 4.87. The van der Waals surface area contributed by atoms with Crippen molar-refractivity contribution < 1.29 is 9.94 Å². The third-order valence-electron chi connectivity index (χ3n) is 2.11. The van der Waals surface area contributed by atoms with E-state index in [1.807, 2.05) is 13.8 Å². The highest BCUT2D eigenvalue weighted by Crippen LogP contribution is 2.19. The zero-order chi connectivity index (χ0) is 8.91. The molecule has 11 heavy (non-hydrogen) atoms. The van der Waals surface area contributed by atoms with E-state index in [-0.39, 0.29) is 5.84 Å². The van der Waals surface area contributed by atoms with E-state index >= 15 is 0 Å². The van der Waals surface area contributed by atoms with Crippen LogP contribution in [0.2, 0.25) is 0 Å². The summed E-state index contributed by atoms with van der Waals surface area (Å²) in [6, 6.07) is 0. The molecule has 0 aromatic heterocycles. The Bertz CT molecular complexity index is 133. The maximum atomic E-state index is 8.45. The van der Waals surface area contributed by atoms with Gasteiger partial charge in [0.25, 0.3) is 0 Å². The third-order valence-corrected chi connectivity index (χ3v) is 2.11. The monoisotopic (exact) mass is 160 g/mol. The van der Waals surface area contributed by atoms with Crippen LogP contribution in [0.4, 0.5) is 0 Å². The van der Waals surface area contributed by atoms with E-state index in [1.165, 1.54) is 0 Å². The number of hydrogen-bond donors (Lipinski definition) is 2. The van der Waals surface area contributed by atoms with E-state index in [2.05, 4.69) is 5.16 Å². The van der Waals surface area contributed by atoms with E-state index < -0.39 is 5.60 Å². The van der Waals surface area contributed by atoms with E-state index in [4.69, 9.17) is 15.7 Å². The predicted molar refractivity (Wildman–Crippen MR) is 43.7 cm³/mol. The fourth-order valence-corrected chi connectivity index (χ4v) is 1.10. The normalized spacial score (nSPS) is 13.5. The lowest BCUT2D eigenvalue weighted by Crippen LogP contribution is -2.44. The summed E-state index contributed by atoms with van der Waals surface area (Å²) in [4.78, 5) is 0. The lowest BCUT2D eigenvalue weighted by Gasteiger charge is -2.28. The number of nitrogens with zero attached hydrogens (tertiary/aromatic N) is 1. The first-order chi connectivity index (χ1) is 5.16. The Morgan fingerprint density at radius 3 is 2.09 bits per heavy atom. The molecule has 0 spiro atoms. The van der Waals surface area contributed by atoms with Crippen molar-refractivity contribution in [1.29, 1.82) is 0 Å². The Morgan fingerprint density at radius 2 is 2.00 bits per heavy atom. The van der Waals surface area contributed by atoms with Crippen molar-refractivity contribution in [3.63, 3.8) is 0 Å². The zero-order valence-corrected chi connectivity index (χ0v) is 7.29. The van der Waals surface area contributed by atoms with Gasteiger partial charge in [-0.1, -0.05) is 19.0 Å². The molecule has 4 nitrogen and oxygen atoms in total. The summed E-state index contributed by atoms with van der Waals surface area (Å²) in [5.74, 6) is 0.144. The second-order valence-electron chi connectivity index (χ2n) is 2.39. The highest BCUT2D eigenvalue weighted by atomic mass is 16.5. The molecule has 0 aliphatic heterocycles. The summed E-state index contributed by atoms with van der Waals surface area (Å²) < 4.78 is 5.17. The minimum atomic E-state index is -0.589. The highest BCUT2D eigenvalue weighted by Gasteiger charge is 2.30. The largest absolute Gasteiger partial charge is 0.409 e. The molecule has 3 N–H and O–H groups in total. The zero-order valence-electron chi connectivity index (χ0n) is 7.29. The minimum absolute atomic E-state index is 0.144. The molecule has 0 aromatic carbocycles. The lowest BCUT2D eigenvalue weighted by molar-refractivity contribution is 0.0396. The highest BCUT2D eigenvalue weighted by molar-refractivity contribution is 5.88. The number of ether oxygens (including phenoxy) is 1. The number of amidine groups is 1. The van der Waals surface area contributed by atoms with Crippen molar-refractivity contribution in [2.75, 3.05) is 7.11 Å². The summed E-state index contributed by atoms with van der Waals surface area (Å²) in [6.45, 7) is 3.87. The van der Waals surface area contributed by atoms with Crippen LogP contribution >= 0.6 is 0 Å². The molecule has 0 unspecified atom stereocenters. The summed E-state index contributed by atoms with van der Waals surface area (Å²) in [5, 5.41) is 11.4. The molecule has 66 valence electrons. The average molecular weight is 160 g/mol. The average Bonchev–Trinajstić information content (AvgIpc) is 2.08. The van der Waals surface area contributed by atoms with Gasteiger partial charge in [0, 0.05) is 7.11 Å². The number of rotatable bonds is 4. The van der Waals surface area contributed by atoms with E-state index in [0.29, 0.717) is 12.8 Å². The maximum Gasteiger partial charge on any atom is 0.171 e. The lowest BCUT2D eigenvalue weighted by atomic mass is 9.96. The molecule has 0 atom stereocenters. The van der Waals surface area contributed by atoms with Crippen LogP contribution in [0.5, 0.6) is 0 Å². The van der Waals surface area contributed by atoms with Crippen LogP contribution in [0.25, 0.3) is 0 Å². The molecule has 0 aromatic rings. The standard InChI is InChI=1S/C7H16N2O2/c1-4-7(5-2,11-3)6(8)9-10/h10H,4-5H2,1-3H3,(H2,8,9). The summed E-state index contributed by atoms with van der Waals surface area (Å²) >= 11 is 0. The summed E-state index contributed by atoms with van der Waals surface area (Å²) in [7, 11) is 1.56. The molecule has 0 rings (SSSR count). The first-order valence-electron chi connectivity index (χ1n) is 3.70. The summed E-state index contributed by atoms with van der Waals surface area (Å²) in [6.07, 6.45) is 1.41. The first kappa shape index (κ1) is 10.2. The Kier molecular flexibility index (Phi) is 3.89. The Hall–Kier alpha value is -0.770. The van der Waals surface area contributed by atoms with Gasteiger partial charge < -0.3 is 15.7 Å². The van der Waals surface area contributed by atoms with E-state index in [1.54, 1.807) is 7.11 Å². The molecular weight excluding hydrogens is 144 g/mol. The van der Waals surface area contributed by atoms with Gasteiger partial charge in [-0.3, -0.25) is 0 Å². The second-order valence-corrected chi connectivity index (χ2v) is 2.39. The number of methoxy groups -OCH3 is 1. The predicted octanol–water partition coefficient (Wildman–Crippen LogP) is 0.938. The first-order valence-corrected chi connectivity index (χ1v) is 3.70. The molecule has 0 fully saturated rings. The third kappa shape index (κ3) is 1.83. The van der Waals surface area contributed by atoms with Gasteiger partial charge in [-0.2, -0.15) is 0 Å². The molecule has 0 bridgehead atoms. The number of nitrogens with two attached hydrogens (primary N) is 1. The Labute approximate surface area is 67.0 Å². The fourth-order valence-electron chi connectivity index (χ4n) is 1.10. The molecule has 0 saturated carbocycles. The molecular formula is C7H16N2O2. The van der Waals surface area contributed by atoms with Crippen LogP contribution in [-0.2, 0) is 4.74 Å². The molecule has 0 amide bonds. The van der Waals surface area contributed by atoms with Crippen LogP contribution in [0.15, 0.2) is 5.16 Å². The van der Waals surface area contributed by atoms with Gasteiger partial charge in [0.2, 0.25) is 0 Å². The van der Waals surface area contributed by atoms with Crippen molar-refractivity contribution in [1.82, 2.24) is 0 Å². The van der Waals surface area contributed by atoms with Crippen molar-refractivity contribution >= 4 is 5.84 Å². The van der Waals surface area contributed by atoms with Gasteiger partial charge >= 0.3 is 0 Å². The smallest absolute Gasteiger partial charge is 0.171 e. The van der Waals surface area contributed by atoms with Gasteiger partial charge in [0.05, 0.1) is 0 Å². The quantitative estimate of drug-likeness (QED) is 0.278. The van der Waals surface area contributed by atoms with Crippen LogP contribution < -0.4 is 5.73 Å². The van der Waals surface area contributed by atoms with E-state index in [0.717, 1.165) is 0 Å². The molecule has 0 aliphatic rings. The van der Waals surface area contributed by atoms with Crippen molar-refractivity contribution in [2.24, 2.45) is 10.9 Å². The second kappa shape index (κ2) is 4.18. The molecule has 0 radical (unpaired) electrons. The van der Waals surface area contributed by atoms with Crippen LogP contribution in [0.1, 0.15) is 26.7 Å². The fraction of sp³-hybridized carbons (Fsp3) is 0.857. The van der Waals surface area contributed by atoms with Gasteiger partial charge in [-0.25, -0.2) is 0 Å². The van der Waals surface area contributed by atoms with Gasteiger partial charge in [0.1, 0.15) is 5.60 Å². The minimum Gasteiger partial charge on any atom is -0.409 e. The van der Waals surface area contributed by atoms with Gasteiger partial charge in [-0.15, -0.1) is 0 Å². The van der Waals surface area contributed by atoms with Crippen LogP contribution in [0, 0.1) is 0 Å². The number of hydrogen-bond acceptors (Lipinski definition) is 3. The SMILES string of the molecule is CCC(CC)(OC)C(N)=NO. The molecule has 0 aliphatic carbocycles. The Balaban J connectivity index is 4.54. The van der Waals surface area contributed by atoms with Gasteiger partial charge in [-0.05, 0) is 12.8 Å². The van der Waals surface area contributed by atoms with Crippen LogP contribution in [-0.4, -0.2) is 23.8 Å². The van der Waals surface area contributed by atoms with Crippen molar-refractivity contribution in [3.05, 3.63) is 0 Å². The molecule has 0 saturated heterocycles. The molecule has 4 heteroatoms. The topological polar surface area (TPSA) is 67.8 Å². The Morgan fingerprint density at radius 1 is 1.55 bits per heavy atom. The number of oxime groups is 1. The molecule has 0 heterocycles.